The van der Waals surface area contributed by atoms with Gasteiger partial charge in [-0.15, -0.1) is 0 Å². The van der Waals surface area contributed by atoms with Crippen LogP contribution in [0.15, 0.2) is 46.0 Å². The molecule has 0 spiro atoms. The van der Waals surface area contributed by atoms with Crippen molar-refractivity contribution in [2.75, 3.05) is 7.11 Å². The number of methoxy groups -OCH3 is 1. The van der Waals surface area contributed by atoms with Crippen LogP contribution in [0.4, 0.5) is 0 Å². The summed E-state index contributed by atoms with van der Waals surface area (Å²) in [7, 11) is 1.47. The Hall–Kier alpha value is -2.66. The second-order valence-corrected chi connectivity index (χ2v) is 5.49. The first-order valence-electron chi connectivity index (χ1n) is 6.83. The van der Waals surface area contributed by atoms with E-state index in [4.69, 9.17) is 20.8 Å². The Bertz CT molecular complexity index is 963. The Labute approximate surface area is 137 Å². The second-order valence-electron chi connectivity index (χ2n) is 5.08. The maximum atomic E-state index is 9.69. The number of aryl methyl sites for hydroxylation is 1. The van der Waals surface area contributed by atoms with E-state index in [2.05, 4.69) is 5.16 Å². The summed E-state index contributed by atoms with van der Waals surface area (Å²) in [4.78, 5) is 0. The lowest BCUT2D eigenvalue weighted by molar-refractivity contribution is 0.302. The lowest BCUT2D eigenvalue weighted by atomic mass is 10.1. The first-order chi connectivity index (χ1) is 11.0. The molecule has 1 heterocycles. The maximum Gasteiger partial charge on any atom is 0.161 e. The van der Waals surface area contributed by atoms with Gasteiger partial charge in [-0.25, -0.2) is 0 Å². The lowest BCUT2D eigenvalue weighted by Crippen LogP contribution is -2.03. The average molecular weight is 332 g/mol. The Morgan fingerprint density at radius 2 is 1.96 bits per heavy atom. The standard InChI is InChI=1S/C17H14ClNO4/c1-9-5-16-11(7-12(9)18)13(19-21)8-15(23-16)10-3-4-14(20)17(6-10)22-2/h3-8,20-21H,1-2H3/b19-13+. The van der Waals surface area contributed by atoms with Crippen LogP contribution in [0.2, 0.25) is 5.02 Å². The Balaban J connectivity index is 2.29. The predicted molar refractivity (Wildman–Crippen MR) is 87.0 cm³/mol. The van der Waals surface area contributed by atoms with Gasteiger partial charge in [0.15, 0.2) is 11.5 Å². The van der Waals surface area contributed by atoms with Crippen LogP contribution in [0.25, 0.3) is 22.3 Å². The number of fused-ring (bicyclic) bond motifs is 1. The van der Waals surface area contributed by atoms with Crippen molar-refractivity contribution in [3.63, 3.8) is 0 Å². The fourth-order valence-corrected chi connectivity index (χ4v) is 2.51. The molecule has 23 heavy (non-hydrogen) atoms. The summed E-state index contributed by atoms with van der Waals surface area (Å²) in [6.07, 6.45) is 0. The molecule has 1 aromatic heterocycles. The molecular weight excluding hydrogens is 318 g/mol. The molecule has 0 fully saturated rings. The van der Waals surface area contributed by atoms with E-state index in [1.165, 1.54) is 13.2 Å². The largest absolute Gasteiger partial charge is 0.504 e. The molecule has 5 nitrogen and oxygen atoms in total. The lowest BCUT2D eigenvalue weighted by Gasteiger charge is -2.08. The zero-order valence-electron chi connectivity index (χ0n) is 12.5. The van der Waals surface area contributed by atoms with Crippen molar-refractivity contribution in [2.24, 2.45) is 5.16 Å². The van der Waals surface area contributed by atoms with Gasteiger partial charge in [0.2, 0.25) is 0 Å². The molecule has 0 aliphatic rings. The molecule has 6 heteroatoms. The molecule has 0 saturated heterocycles. The summed E-state index contributed by atoms with van der Waals surface area (Å²) in [5.41, 5.74) is 2.08. The van der Waals surface area contributed by atoms with Crippen molar-refractivity contribution in [3.05, 3.63) is 52.3 Å². The number of aromatic hydroxyl groups is 1. The third-order valence-electron chi connectivity index (χ3n) is 3.60. The smallest absolute Gasteiger partial charge is 0.161 e. The summed E-state index contributed by atoms with van der Waals surface area (Å²) in [6, 6.07) is 9.92. The summed E-state index contributed by atoms with van der Waals surface area (Å²) >= 11 is 6.12. The number of hydrogen-bond acceptors (Lipinski definition) is 5. The summed E-state index contributed by atoms with van der Waals surface area (Å²) in [5.74, 6) is 0.838. The van der Waals surface area contributed by atoms with Crippen LogP contribution < -0.4 is 10.1 Å². The minimum atomic E-state index is 0.0340. The number of rotatable bonds is 2. The molecule has 3 rings (SSSR count). The van der Waals surface area contributed by atoms with Crippen molar-refractivity contribution in [1.82, 2.24) is 0 Å². The molecule has 2 aromatic carbocycles. The monoisotopic (exact) mass is 331 g/mol. The number of halogens is 1. The van der Waals surface area contributed by atoms with E-state index in [9.17, 15) is 10.3 Å². The molecular formula is C17H14ClNO4. The Morgan fingerprint density at radius 3 is 2.65 bits per heavy atom. The molecule has 0 saturated carbocycles. The number of ether oxygens (including phenoxy) is 1. The third-order valence-corrected chi connectivity index (χ3v) is 4.00. The zero-order valence-corrected chi connectivity index (χ0v) is 13.3. The van der Waals surface area contributed by atoms with Crippen LogP contribution in [0.1, 0.15) is 5.56 Å². The SMILES string of the molecule is COc1cc(-c2c/c(=N\O)c3cc(Cl)c(C)cc3o2)ccc1O. The first kappa shape index (κ1) is 15.2. The fourth-order valence-electron chi connectivity index (χ4n) is 2.35. The van der Waals surface area contributed by atoms with Gasteiger partial charge in [-0.2, -0.15) is 0 Å². The van der Waals surface area contributed by atoms with E-state index in [1.807, 2.05) is 6.92 Å². The normalized spacial score (nSPS) is 11.9. The fraction of sp³-hybridized carbons (Fsp3) is 0.118. The van der Waals surface area contributed by atoms with Gasteiger partial charge in [0.05, 0.1) is 7.11 Å². The van der Waals surface area contributed by atoms with Crippen molar-refractivity contribution < 1.29 is 19.5 Å². The molecule has 3 aromatic rings. The van der Waals surface area contributed by atoms with Crippen LogP contribution in [0.5, 0.6) is 11.5 Å². The van der Waals surface area contributed by atoms with Gasteiger partial charge in [0.25, 0.3) is 0 Å². The highest BCUT2D eigenvalue weighted by molar-refractivity contribution is 6.32. The van der Waals surface area contributed by atoms with E-state index < -0.39 is 0 Å². The van der Waals surface area contributed by atoms with Crippen LogP contribution in [-0.4, -0.2) is 17.4 Å². The molecule has 0 unspecified atom stereocenters. The molecule has 0 radical (unpaired) electrons. The average Bonchev–Trinajstić information content (AvgIpc) is 2.55. The number of phenolic OH excluding ortho intramolecular Hbond substituents is 1. The van der Waals surface area contributed by atoms with E-state index >= 15 is 0 Å². The number of nitrogens with zero attached hydrogens (tertiary/aromatic N) is 1. The van der Waals surface area contributed by atoms with Gasteiger partial charge < -0.3 is 19.5 Å². The van der Waals surface area contributed by atoms with Crippen molar-refractivity contribution >= 4 is 22.6 Å². The minimum Gasteiger partial charge on any atom is -0.504 e. The van der Waals surface area contributed by atoms with Crippen molar-refractivity contribution in [3.8, 4) is 22.8 Å². The number of phenols is 1. The van der Waals surface area contributed by atoms with E-state index in [0.717, 1.165) is 5.56 Å². The Kier molecular flexibility index (Phi) is 3.88. The highest BCUT2D eigenvalue weighted by Gasteiger charge is 2.11. The predicted octanol–water partition coefficient (Wildman–Crippen LogP) is 4.07. The van der Waals surface area contributed by atoms with Gasteiger partial charge in [0, 0.05) is 22.0 Å². The summed E-state index contributed by atoms with van der Waals surface area (Å²) in [5, 5.41) is 23.8. The van der Waals surface area contributed by atoms with E-state index in [0.29, 0.717) is 38.4 Å². The number of hydrogen-bond donors (Lipinski definition) is 2. The molecule has 0 aliphatic carbocycles. The third kappa shape index (κ3) is 2.71. The molecule has 0 amide bonds. The topological polar surface area (TPSA) is 75.2 Å². The maximum absolute atomic E-state index is 9.69. The quantitative estimate of drug-likeness (QED) is 0.548. The molecule has 0 atom stereocenters. The van der Waals surface area contributed by atoms with Crippen LogP contribution >= 0.6 is 11.6 Å². The van der Waals surface area contributed by atoms with E-state index in [-0.39, 0.29) is 5.75 Å². The molecule has 0 bridgehead atoms. The Morgan fingerprint density at radius 1 is 1.17 bits per heavy atom. The van der Waals surface area contributed by atoms with Crippen LogP contribution in [-0.2, 0) is 0 Å². The van der Waals surface area contributed by atoms with E-state index in [1.54, 1.807) is 30.3 Å². The van der Waals surface area contributed by atoms with Crippen molar-refractivity contribution in [1.29, 1.82) is 0 Å². The summed E-state index contributed by atoms with van der Waals surface area (Å²) in [6.45, 7) is 1.86. The van der Waals surface area contributed by atoms with Gasteiger partial charge in [-0.3, -0.25) is 0 Å². The highest BCUT2D eigenvalue weighted by atomic mass is 35.5. The highest BCUT2D eigenvalue weighted by Crippen LogP contribution is 2.32. The van der Waals surface area contributed by atoms with Crippen LogP contribution in [0.3, 0.4) is 0 Å². The van der Waals surface area contributed by atoms with Crippen LogP contribution in [0, 0.1) is 6.92 Å². The van der Waals surface area contributed by atoms with Crippen molar-refractivity contribution in [2.45, 2.75) is 6.92 Å². The molecule has 118 valence electrons. The minimum absolute atomic E-state index is 0.0340. The second kappa shape index (κ2) is 5.85. The van der Waals surface area contributed by atoms with Gasteiger partial charge >= 0.3 is 0 Å². The molecule has 0 aliphatic heterocycles. The number of benzene rings is 2. The summed E-state index contributed by atoms with van der Waals surface area (Å²) < 4.78 is 11.0. The van der Waals surface area contributed by atoms with Gasteiger partial charge in [0.1, 0.15) is 16.7 Å². The first-order valence-corrected chi connectivity index (χ1v) is 7.20. The molecule has 2 N–H and O–H groups in total. The zero-order chi connectivity index (χ0) is 16.6. The van der Waals surface area contributed by atoms with Gasteiger partial charge in [-0.05, 0) is 42.8 Å². The van der Waals surface area contributed by atoms with Gasteiger partial charge in [-0.1, -0.05) is 16.8 Å².